The molecule has 16 heavy (non-hydrogen) atoms. The number of alkyl halides is 3. The van der Waals surface area contributed by atoms with Gasteiger partial charge in [0.2, 0.25) is 0 Å². The maximum absolute atomic E-state index is 13.0. The fourth-order valence-electron chi connectivity index (χ4n) is 2.00. The highest BCUT2D eigenvalue weighted by Crippen LogP contribution is 2.44. The van der Waals surface area contributed by atoms with Gasteiger partial charge < -0.3 is 5.73 Å². The van der Waals surface area contributed by atoms with Crippen molar-refractivity contribution in [2.45, 2.75) is 31.0 Å². The number of benzene rings is 1. The lowest BCUT2D eigenvalue weighted by atomic mass is 9.71. The fraction of sp³-hybridized carbons (Fsp3) is 0.455. The van der Waals surface area contributed by atoms with Crippen LogP contribution in [0.4, 0.5) is 17.6 Å². The summed E-state index contributed by atoms with van der Waals surface area (Å²) in [5, 5.41) is 0. The second-order valence-electron chi connectivity index (χ2n) is 4.20. The van der Waals surface area contributed by atoms with Crippen LogP contribution in [0.25, 0.3) is 0 Å². The average molecular weight is 233 g/mol. The third-order valence-corrected chi connectivity index (χ3v) is 3.07. The van der Waals surface area contributed by atoms with Crippen molar-refractivity contribution in [3.05, 3.63) is 35.1 Å². The van der Waals surface area contributed by atoms with E-state index in [-0.39, 0.29) is 5.56 Å². The Morgan fingerprint density at radius 3 is 2.25 bits per heavy atom. The molecule has 1 fully saturated rings. The molecule has 2 N–H and O–H groups in total. The number of hydrogen-bond donors (Lipinski definition) is 1. The highest BCUT2D eigenvalue weighted by Gasteiger charge is 2.42. The van der Waals surface area contributed by atoms with Crippen LogP contribution in [0.15, 0.2) is 18.2 Å². The zero-order valence-electron chi connectivity index (χ0n) is 8.44. The number of halogens is 4. The molecule has 5 heteroatoms. The maximum atomic E-state index is 13.0. The molecule has 0 radical (unpaired) electrons. The van der Waals surface area contributed by atoms with Crippen LogP contribution < -0.4 is 5.73 Å². The van der Waals surface area contributed by atoms with E-state index in [2.05, 4.69) is 0 Å². The molecule has 0 saturated heterocycles. The Kier molecular flexibility index (Phi) is 2.45. The molecule has 0 aromatic heterocycles. The minimum atomic E-state index is -4.48. The van der Waals surface area contributed by atoms with Crippen molar-refractivity contribution < 1.29 is 17.6 Å². The van der Waals surface area contributed by atoms with Gasteiger partial charge in [0.25, 0.3) is 0 Å². The Morgan fingerprint density at radius 2 is 1.81 bits per heavy atom. The van der Waals surface area contributed by atoms with Gasteiger partial charge in [0.1, 0.15) is 5.82 Å². The average Bonchev–Trinajstić information content (AvgIpc) is 2.12. The molecule has 1 nitrogen and oxygen atoms in total. The Balaban J connectivity index is 2.53. The molecule has 0 amide bonds. The third-order valence-electron chi connectivity index (χ3n) is 3.07. The summed E-state index contributed by atoms with van der Waals surface area (Å²) in [6, 6.07) is 2.48. The molecule has 0 unspecified atom stereocenters. The summed E-state index contributed by atoms with van der Waals surface area (Å²) in [5.41, 5.74) is 3.87. The molecule has 88 valence electrons. The van der Waals surface area contributed by atoms with Crippen LogP contribution in [0.3, 0.4) is 0 Å². The minimum absolute atomic E-state index is 0.119. The summed E-state index contributed by atoms with van der Waals surface area (Å²) in [7, 11) is 0. The monoisotopic (exact) mass is 233 g/mol. The van der Waals surface area contributed by atoms with E-state index in [0.29, 0.717) is 12.8 Å². The molecule has 0 atom stereocenters. The molecule has 1 aromatic rings. The molecule has 1 aromatic carbocycles. The van der Waals surface area contributed by atoms with E-state index in [4.69, 9.17) is 5.73 Å². The Bertz CT molecular complexity index is 407. The van der Waals surface area contributed by atoms with E-state index in [1.165, 1.54) is 0 Å². The second kappa shape index (κ2) is 3.45. The van der Waals surface area contributed by atoms with E-state index >= 15 is 0 Å². The van der Waals surface area contributed by atoms with E-state index < -0.39 is 23.1 Å². The molecule has 1 aliphatic rings. The predicted molar refractivity (Wildman–Crippen MR) is 51.1 cm³/mol. The first-order valence-corrected chi connectivity index (χ1v) is 4.99. The van der Waals surface area contributed by atoms with Crippen molar-refractivity contribution >= 4 is 0 Å². The topological polar surface area (TPSA) is 26.0 Å². The van der Waals surface area contributed by atoms with Crippen molar-refractivity contribution in [3.63, 3.8) is 0 Å². The van der Waals surface area contributed by atoms with Gasteiger partial charge in [0, 0.05) is 5.54 Å². The summed E-state index contributed by atoms with van der Waals surface area (Å²) in [5.74, 6) is -0.681. The summed E-state index contributed by atoms with van der Waals surface area (Å²) in [6.07, 6.45) is -2.76. The summed E-state index contributed by atoms with van der Waals surface area (Å²) >= 11 is 0. The van der Waals surface area contributed by atoms with E-state index in [9.17, 15) is 17.6 Å². The first kappa shape index (κ1) is 11.4. The number of rotatable bonds is 1. The number of hydrogen-bond acceptors (Lipinski definition) is 1. The lowest BCUT2D eigenvalue weighted by Crippen LogP contribution is -2.44. The second-order valence-corrected chi connectivity index (χ2v) is 4.20. The molecule has 2 rings (SSSR count). The van der Waals surface area contributed by atoms with E-state index in [0.717, 1.165) is 24.6 Å². The van der Waals surface area contributed by atoms with Gasteiger partial charge in [-0.25, -0.2) is 4.39 Å². The zero-order chi connectivity index (χ0) is 12.0. The quantitative estimate of drug-likeness (QED) is 0.741. The summed E-state index contributed by atoms with van der Waals surface area (Å²) < 4.78 is 51.1. The van der Waals surface area contributed by atoms with Crippen molar-refractivity contribution in [2.75, 3.05) is 0 Å². The van der Waals surface area contributed by atoms with Gasteiger partial charge in [-0.2, -0.15) is 13.2 Å². The molecule has 0 bridgehead atoms. The maximum Gasteiger partial charge on any atom is 0.416 e. The molecular formula is C11H11F4N. The smallest absolute Gasteiger partial charge is 0.321 e. The zero-order valence-corrected chi connectivity index (χ0v) is 8.44. The van der Waals surface area contributed by atoms with Crippen LogP contribution in [0, 0.1) is 5.82 Å². The van der Waals surface area contributed by atoms with Crippen molar-refractivity contribution in [1.82, 2.24) is 0 Å². The fourth-order valence-corrected chi connectivity index (χ4v) is 2.00. The van der Waals surface area contributed by atoms with E-state index in [1.807, 2.05) is 0 Å². The first-order valence-electron chi connectivity index (χ1n) is 4.99. The third kappa shape index (κ3) is 1.80. The molecule has 0 heterocycles. The van der Waals surface area contributed by atoms with E-state index in [1.54, 1.807) is 0 Å². The normalized spacial score (nSPS) is 19.3. The highest BCUT2D eigenvalue weighted by atomic mass is 19.4. The summed E-state index contributed by atoms with van der Waals surface area (Å²) in [6.45, 7) is 0. The molecule has 0 spiro atoms. The summed E-state index contributed by atoms with van der Waals surface area (Å²) in [4.78, 5) is 0. The van der Waals surface area contributed by atoms with Gasteiger partial charge in [0.15, 0.2) is 0 Å². The Morgan fingerprint density at radius 1 is 1.19 bits per heavy atom. The Labute approximate surface area is 90.3 Å². The molecule has 0 aliphatic heterocycles. The first-order chi connectivity index (χ1) is 7.33. The van der Waals surface area contributed by atoms with Crippen LogP contribution in [0.2, 0.25) is 0 Å². The Hall–Kier alpha value is -1.10. The lowest BCUT2D eigenvalue weighted by Gasteiger charge is -2.40. The van der Waals surface area contributed by atoms with Crippen molar-refractivity contribution in [1.29, 1.82) is 0 Å². The molecule has 1 aliphatic carbocycles. The largest absolute Gasteiger partial charge is 0.416 e. The van der Waals surface area contributed by atoms with Gasteiger partial charge >= 0.3 is 6.18 Å². The predicted octanol–water partition coefficient (Wildman–Crippen LogP) is 3.18. The minimum Gasteiger partial charge on any atom is -0.321 e. The van der Waals surface area contributed by atoms with Gasteiger partial charge in [0.05, 0.1) is 5.56 Å². The van der Waals surface area contributed by atoms with Crippen molar-refractivity contribution in [3.8, 4) is 0 Å². The van der Waals surface area contributed by atoms with Crippen LogP contribution in [0.5, 0.6) is 0 Å². The number of nitrogens with two attached hydrogens (primary N) is 1. The van der Waals surface area contributed by atoms with Crippen LogP contribution in [0.1, 0.15) is 30.4 Å². The van der Waals surface area contributed by atoms with Crippen molar-refractivity contribution in [2.24, 2.45) is 5.73 Å². The van der Waals surface area contributed by atoms with Crippen LogP contribution in [-0.2, 0) is 11.7 Å². The van der Waals surface area contributed by atoms with Gasteiger partial charge in [-0.1, -0.05) is 0 Å². The SMILES string of the molecule is NC1(c2cc(F)ccc2C(F)(F)F)CCC1. The van der Waals surface area contributed by atoms with Gasteiger partial charge in [-0.15, -0.1) is 0 Å². The van der Waals surface area contributed by atoms with Gasteiger partial charge in [-0.05, 0) is 43.0 Å². The lowest BCUT2D eigenvalue weighted by molar-refractivity contribution is -0.139. The standard InChI is InChI=1S/C11H11F4N/c12-7-2-3-8(11(13,14)15)9(6-7)10(16)4-1-5-10/h2-3,6H,1,4-5,16H2. The van der Waals surface area contributed by atoms with Crippen LogP contribution in [-0.4, -0.2) is 0 Å². The van der Waals surface area contributed by atoms with Gasteiger partial charge in [-0.3, -0.25) is 0 Å². The molecular weight excluding hydrogens is 222 g/mol. The molecule has 1 saturated carbocycles. The highest BCUT2D eigenvalue weighted by molar-refractivity contribution is 5.37. The van der Waals surface area contributed by atoms with Crippen LogP contribution >= 0.6 is 0 Å².